The summed E-state index contributed by atoms with van der Waals surface area (Å²) in [5.41, 5.74) is 0. The summed E-state index contributed by atoms with van der Waals surface area (Å²) in [4.78, 5) is 13.8. The molecule has 1 aromatic rings. The summed E-state index contributed by atoms with van der Waals surface area (Å²) in [6.45, 7) is 5.33. The van der Waals surface area contributed by atoms with Crippen molar-refractivity contribution in [2.24, 2.45) is 0 Å². The van der Waals surface area contributed by atoms with Gasteiger partial charge in [0.05, 0.1) is 12.2 Å². The number of ether oxygens (including phenoxy) is 2. The predicted molar refractivity (Wildman–Crippen MR) is 68.5 cm³/mol. The Balaban J connectivity index is 1.84. The average molecular weight is 249 g/mol. The van der Waals surface area contributed by atoms with Gasteiger partial charge in [-0.2, -0.15) is 0 Å². The fraction of sp³-hybridized carbons (Fsp3) is 0.500. The smallest absolute Gasteiger partial charge is 0.260 e. The molecule has 98 valence electrons. The van der Waals surface area contributed by atoms with Gasteiger partial charge < -0.3 is 14.4 Å². The van der Waals surface area contributed by atoms with Crippen LogP contribution in [0.15, 0.2) is 30.3 Å². The van der Waals surface area contributed by atoms with Gasteiger partial charge in [0, 0.05) is 13.1 Å². The Morgan fingerprint density at radius 2 is 1.89 bits per heavy atom. The highest BCUT2D eigenvalue weighted by Crippen LogP contribution is 2.12. The first-order chi connectivity index (χ1) is 8.65. The summed E-state index contributed by atoms with van der Waals surface area (Å²) in [6, 6.07) is 9.38. The minimum Gasteiger partial charge on any atom is -0.484 e. The fourth-order valence-electron chi connectivity index (χ4n) is 2.13. The normalized spacial score (nSPS) is 23.8. The van der Waals surface area contributed by atoms with Crippen molar-refractivity contribution in [1.29, 1.82) is 0 Å². The number of rotatable bonds is 3. The molecule has 0 spiro atoms. The molecule has 4 heteroatoms. The Labute approximate surface area is 107 Å². The van der Waals surface area contributed by atoms with Gasteiger partial charge in [-0.15, -0.1) is 0 Å². The fourth-order valence-corrected chi connectivity index (χ4v) is 2.13. The molecule has 1 fully saturated rings. The Bertz CT molecular complexity index is 383. The molecule has 1 aromatic carbocycles. The van der Waals surface area contributed by atoms with E-state index in [0.29, 0.717) is 13.1 Å². The van der Waals surface area contributed by atoms with E-state index in [1.54, 1.807) is 0 Å². The predicted octanol–water partition coefficient (Wildman–Crippen LogP) is 1.70. The van der Waals surface area contributed by atoms with Crippen LogP contribution in [0, 0.1) is 0 Å². The zero-order valence-corrected chi connectivity index (χ0v) is 10.8. The van der Waals surface area contributed by atoms with Gasteiger partial charge in [0.15, 0.2) is 6.61 Å². The third-order valence-electron chi connectivity index (χ3n) is 2.88. The molecule has 0 aromatic heterocycles. The SMILES string of the molecule is CC1CN(C(=O)COc2ccccc2)CC(C)O1. The zero-order chi connectivity index (χ0) is 13.0. The van der Waals surface area contributed by atoms with Crippen molar-refractivity contribution < 1.29 is 14.3 Å². The number of morpholine rings is 1. The first kappa shape index (κ1) is 12.9. The maximum atomic E-state index is 12.0. The van der Waals surface area contributed by atoms with E-state index in [9.17, 15) is 4.79 Å². The molecule has 1 aliphatic rings. The number of nitrogens with zero attached hydrogens (tertiary/aromatic N) is 1. The molecule has 2 atom stereocenters. The van der Waals surface area contributed by atoms with E-state index < -0.39 is 0 Å². The van der Waals surface area contributed by atoms with Crippen molar-refractivity contribution in [2.45, 2.75) is 26.1 Å². The van der Waals surface area contributed by atoms with E-state index in [4.69, 9.17) is 9.47 Å². The lowest BCUT2D eigenvalue weighted by Gasteiger charge is -2.35. The average Bonchev–Trinajstić information content (AvgIpc) is 2.36. The lowest BCUT2D eigenvalue weighted by atomic mass is 10.2. The summed E-state index contributed by atoms with van der Waals surface area (Å²) in [6.07, 6.45) is 0.184. The lowest BCUT2D eigenvalue weighted by molar-refractivity contribution is -0.145. The van der Waals surface area contributed by atoms with E-state index in [1.165, 1.54) is 0 Å². The Morgan fingerprint density at radius 1 is 1.28 bits per heavy atom. The van der Waals surface area contributed by atoms with Crippen LogP contribution in [0.3, 0.4) is 0 Å². The molecule has 1 aliphatic heterocycles. The third kappa shape index (κ3) is 3.47. The van der Waals surface area contributed by atoms with E-state index in [-0.39, 0.29) is 24.7 Å². The summed E-state index contributed by atoms with van der Waals surface area (Å²) in [5, 5.41) is 0. The maximum absolute atomic E-state index is 12.0. The van der Waals surface area contributed by atoms with Gasteiger partial charge in [0.2, 0.25) is 0 Å². The Kier molecular flexibility index (Phi) is 4.20. The second kappa shape index (κ2) is 5.87. The molecule has 1 saturated heterocycles. The van der Waals surface area contributed by atoms with Gasteiger partial charge >= 0.3 is 0 Å². The van der Waals surface area contributed by atoms with Gasteiger partial charge in [-0.1, -0.05) is 18.2 Å². The van der Waals surface area contributed by atoms with Crippen LogP contribution < -0.4 is 4.74 Å². The van der Waals surface area contributed by atoms with Crippen LogP contribution in [0.4, 0.5) is 0 Å². The molecule has 0 radical (unpaired) electrons. The van der Waals surface area contributed by atoms with Crippen LogP contribution in [-0.4, -0.2) is 42.7 Å². The monoisotopic (exact) mass is 249 g/mol. The number of hydrogen-bond acceptors (Lipinski definition) is 3. The first-order valence-electron chi connectivity index (χ1n) is 6.26. The first-order valence-corrected chi connectivity index (χ1v) is 6.26. The lowest BCUT2D eigenvalue weighted by Crippen LogP contribution is -2.49. The molecule has 0 bridgehead atoms. The molecule has 0 aliphatic carbocycles. The molecular weight excluding hydrogens is 230 g/mol. The Hall–Kier alpha value is -1.55. The number of carbonyl (C=O) groups is 1. The quantitative estimate of drug-likeness (QED) is 0.818. The van der Waals surface area contributed by atoms with Crippen molar-refractivity contribution >= 4 is 5.91 Å². The van der Waals surface area contributed by atoms with E-state index in [2.05, 4.69) is 0 Å². The highest BCUT2D eigenvalue weighted by molar-refractivity contribution is 5.78. The molecular formula is C14H19NO3. The summed E-state index contributed by atoms with van der Waals surface area (Å²) in [5.74, 6) is 0.737. The zero-order valence-electron chi connectivity index (χ0n) is 10.8. The van der Waals surface area contributed by atoms with E-state index >= 15 is 0 Å². The third-order valence-corrected chi connectivity index (χ3v) is 2.88. The van der Waals surface area contributed by atoms with Crippen molar-refractivity contribution in [3.8, 4) is 5.75 Å². The molecule has 1 amide bonds. The van der Waals surface area contributed by atoms with Gasteiger partial charge in [-0.25, -0.2) is 0 Å². The number of para-hydroxylation sites is 1. The van der Waals surface area contributed by atoms with E-state index in [0.717, 1.165) is 5.75 Å². The van der Waals surface area contributed by atoms with Crippen molar-refractivity contribution in [1.82, 2.24) is 4.90 Å². The van der Waals surface area contributed by atoms with Gasteiger partial charge in [-0.3, -0.25) is 4.79 Å². The van der Waals surface area contributed by atoms with Crippen LogP contribution in [0.2, 0.25) is 0 Å². The number of hydrogen-bond donors (Lipinski definition) is 0. The minimum atomic E-state index is 0.0147. The molecule has 2 unspecified atom stereocenters. The molecule has 0 saturated carbocycles. The summed E-state index contributed by atoms with van der Waals surface area (Å²) < 4.78 is 11.1. The number of carbonyl (C=O) groups excluding carboxylic acids is 1. The molecule has 1 heterocycles. The second-order valence-electron chi connectivity index (χ2n) is 4.66. The van der Waals surface area contributed by atoms with Crippen LogP contribution in [0.1, 0.15) is 13.8 Å². The van der Waals surface area contributed by atoms with Crippen LogP contribution in [0.25, 0.3) is 0 Å². The molecule has 4 nitrogen and oxygen atoms in total. The minimum absolute atomic E-state index is 0.0147. The van der Waals surface area contributed by atoms with Crippen molar-refractivity contribution in [3.05, 3.63) is 30.3 Å². The van der Waals surface area contributed by atoms with Crippen molar-refractivity contribution in [2.75, 3.05) is 19.7 Å². The molecule has 18 heavy (non-hydrogen) atoms. The summed E-state index contributed by atoms with van der Waals surface area (Å²) in [7, 11) is 0. The Morgan fingerprint density at radius 3 is 2.50 bits per heavy atom. The largest absolute Gasteiger partial charge is 0.484 e. The summed E-state index contributed by atoms with van der Waals surface area (Å²) >= 11 is 0. The van der Waals surface area contributed by atoms with Gasteiger partial charge in [-0.05, 0) is 26.0 Å². The van der Waals surface area contributed by atoms with Crippen LogP contribution in [0.5, 0.6) is 5.75 Å². The highest BCUT2D eigenvalue weighted by Gasteiger charge is 2.25. The van der Waals surface area contributed by atoms with Crippen LogP contribution in [-0.2, 0) is 9.53 Å². The number of benzene rings is 1. The highest BCUT2D eigenvalue weighted by atomic mass is 16.5. The standard InChI is InChI=1S/C14H19NO3/c1-11-8-15(9-12(2)18-11)14(16)10-17-13-6-4-3-5-7-13/h3-7,11-12H,8-10H2,1-2H3. The van der Waals surface area contributed by atoms with E-state index in [1.807, 2.05) is 49.1 Å². The van der Waals surface area contributed by atoms with Crippen molar-refractivity contribution in [3.63, 3.8) is 0 Å². The number of amides is 1. The maximum Gasteiger partial charge on any atom is 0.260 e. The topological polar surface area (TPSA) is 38.8 Å². The van der Waals surface area contributed by atoms with Crippen LogP contribution >= 0.6 is 0 Å². The second-order valence-corrected chi connectivity index (χ2v) is 4.66. The van der Waals surface area contributed by atoms with Gasteiger partial charge in [0.25, 0.3) is 5.91 Å². The molecule has 2 rings (SSSR count). The molecule has 0 N–H and O–H groups in total. The van der Waals surface area contributed by atoms with Gasteiger partial charge in [0.1, 0.15) is 5.75 Å².